The number of piperazine rings is 1. The van der Waals surface area contributed by atoms with E-state index in [0.717, 1.165) is 57.9 Å². The first-order valence-corrected chi connectivity index (χ1v) is 9.45. The van der Waals surface area contributed by atoms with Crippen LogP contribution in [0.5, 0.6) is 0 Å². The molecule has 2 atom stereocenters. The molecule has 3 fully saturated rings. The van der Waals surface area contributed by atoms with Crippen LogP contribution in [0, 0.1) is 0 Å². The van der Waals surface area contributed by atoms with Crippen molar-refractivity contribution >= 4 is 5.95 Å². The third kappa shape index (κ3) is 3.27. The first-order chi connectivity index (χ1) is 11.7. The molecular weight excluding hydrogens is 302 g/mol. The predicted molar refractivity (Wildman–Crippen MR) is 94.1 cm³/mol. The predicted octanol–water partition coefficient (Wildman–Crippen LogP) is 0.978. The van der Waals surface area contributed by atoms with Crippen molar-refractivity contribution in [3.05, 3.63) is 18.5 Å². The average molecular weight is 331 g/mol. The fourth-order valence-electron chi connectivity index (χ4n) is 4.75. The van der Waals surface area contributed by atoms with Crippen LogP contribution in [0.15, 0.2) is 18.5 Å². The van der Waals surface area contributed by atoms with Gasteiger partial charge in [-0.2, -0.15) is 0 Å². The van der Waals surface area contributed by atoms with Crippen molar-refractivity contribution in [3.8, 4) is 0 Å². The molecule has 6 nitrogen and oxygen atoms in total. The third-order valence-electron chi connectivity index (χ3n) is 5.99. The van der Waals surface area contributed by atoms with Crippen molar-refractivity contribution in [1.82, 2.24) is 19.8 Å². The molecule has 0 aromatic carbocycles. The Morgan fingerprint density at radius 1 is 1.00 bits per heavy atom. The van der Waals surface area contributed by atoms with Gasteiger partial charge in [0.25, 0.3) is 0 Å². The van der Waals surface area contributed by atoms with Crippen LogP contribution in [0.4, 0.5) is 5.95 Å². The summed E-state index contributed by atoms with van der Waals surface area (Å²) in [5, 5.41) is 11.4. The number of anilines is 1. The van der Waals surface area contributed by atoms with E-state index in [9.17, 15) is 5.11 Å². The third-order valence-corrected chi connectivity index (χ3v) is 5.99. The molecule has 0 unspecified atom stereocenters. The maximum absolute atomic E-state index is 11.4. The van der Waals surface area contributed by atoms with E-state index in [-0.39, 0.29) is 0 Å². The summed E-state index contributed by atoms with van der Waals surface area (Å²) in [4.78, 5) is 15.9. The fraction of sp³-hybridized carbons (Fsp3) is 0.778. The van der Waals surface area contributed by atoms with Crippen LogP contribution in [-0.2, 0) is 0 Å². The smallest absolute Gasteiger partial charge is 0.225 e. The van der Waals surface area contributed by atoms with Gasteiger partial charge in [0.2, 0.25) is 5.95 Å². The SMILES string of the molecule is O[C@@]1(CN2CCN(c3ncccn3)CC2)CCCN2CCCC[C@@H]21. The molecule has 24 heavy (non-hydrogen) atoms. The Bertz CT molecular complexity index is 531. The van der Waals surface area contributed by atoms with E-state index in [1.54, 1.807) is 12.4 Å². The van der Waals surface area contributed by atoms with Gasteiger partial charge in [-0.25, -0.2) is 9.97 Å². The van der Waals surface area contributed by atoms with Gasteiger partial charge >= 0.3 is 0 Å². The highest BCUT2D eigenvalue weighted by atomic mass is 16.3. The van der Waals surface area contributed by atoms with E-state index in [4.69, 9.17) is 0 Å². The first kappa shape index (κ1) is 16.2. The van der Waals surface area contributed by atoms with Gasteiger partial charge in [-0.15, -0.1) is 0 Å². The number of aliphatic hydroxyl groups is 1. The molecule has 3 aliphatic heterocycles. The van der Waals surface area contributed by atoms with Gasteiger partial charge in [-0.1, -0.05) is 6.42 Å². The minimum atomic E-state index is -0.524. The highest BCUT2D eigenvalue weighted by Gasteiger charge is 2.45. The number of β-amino-alcohol motifs (C(OH)–C–C–N with tert-alkyl or cyclic N) is 1. The molecule has 0 aliphatic carbocycles. The summed E-state index contributed by atoms with van der Waals surface area (Å²) in [7, 11) is 0. The second-order valence-electron chi connectivity index (χ2n) is 7.57. The van der Waals surface area contributed by atoms with Crippen LogP contribution in [-0.4, -0.2) is 82.3 Å². The number of hydrogen-bond acceptors (Lipinski definition) is 6. The fourth-order valence-corrected chi connectivity index (χ4v) is 4.75. The van der Waals surface area contributed by atoms with Gasteiger partial charge in [0.15, 0.2) is 0 Å². The van der Waals surface area contributed by atoms with E-state index in [0.29, 0.717) is 6.04 Å². The highest BCUT2D eigenvalue weighted by Crippen LogP contribution is 2.34. The van der Waals surface area contributed by atoms with Gasteiger partial charge in [-0.3, -0.25) is 9.80 Å². The number of rotatable bonds is 3. The van der Waals surface area contributed by atoms with Gasteiger partial charge < -0.3 is 10.0 Å². The maximum Gasteiger partial charge on any atom is 0.225 e. The van der Waals surface area contributed by atoms with Gasteiger partial charge in [0.05, 0.1) is 5.60 Å². The van der Waals surface area contributed by atoms with E-state index < -0.39 is 5.60 Å². The molecule has 1 aromatic heterocycles. The molecule has 3 saturated heterocycles. The molecule has 1 N–H and O–H groups in total. The van der Waals surface area contributed by atoms with Crippen molar-refractivity contribution in [2.75, 3.05) is 50.7 Å². The maximum atomic E-state index is 11.4. The van der Waals surface area contributed by atoms with Crippen molar-refractivity contribution in [2.24, 2.45) is 0 Å². The summed E-state index contributed by atoms with van der Waals surface area (Å²) in [6.07, 6.45) is 9.41. The average Bonchev–Trinajstić information content (AvgIpc) is 2.63. The summed E-state index contributed by atoms with van der Waals surface area (Å²) < 4.78 is 0. The summed E-state index contributed by atoms with van der Waals surface area (Å²) in [6, 6.07) is 2.23. The zero-order valence-electron chi connectivity index (χ0n) is 14.5. The molecule has 0 radical (unpaired) electrons. The Balaban J connectivity index is 1.36. The lowest BCUT2D eigenvalue weighted by molar-refractivity contribution is -0.109. The van der Waals surface area contributed by atoms with Gasteiger partial charge in [0, 0.05) is 51.2 Å². The van der Waals surface area contributed by atoms with Crippen LogP contribution < -0.4 is 4.90 Å². The largest absolute Gasteiger partial charge is 0.387 e. The number of aromatic nitrogens is 2. The Morgan fingerprint density at radius 2 is 1.75 bits per heavy atom. The Morgan fingerprint density at radius 3 is 2.54 bits per heavy atom. The summed E-state index contributed by atoms with van der Waals surface area (Å²) >= 11 is 0. The number of hydrogen-bond donors (Lipinski definition) is 1. The number of fused-ring (bicyclic) bond motifs is 1. The summed E-state index contributed by atoms with van der Waals surface area (Å²) in [6.45, 7) is 7.00. The minimum Gasteiger partial charge on any atom is -0.387 e. The lowest BCUT2D eigenvalue weighted by Gasteiger charge is -2.51. The molecule has 6 heteroatoms. The van der Waals surface area contributed by atoms with E-state index in [1.807, 2.05) is 6.07 Å². The molecule has 0 bridgehead atoms. The molecule has 4 rings (SSSR count). The van der Waals surface area contributed by atoms with Crippen LogP contribution in [0.2, 0.25) is 0 Å². The quantitative estimate of drug-likeness (QED) is 0.891. The van der Waals surface area contributed by atoms with Crippen molar-refractivity contribution in [1.29, 1.82) is 0 Å². The lowest BCUT2D eigenvalue weighted by Crippen LogP contribution is -2.63. The second kappa shape index (κ2) is 6.94. The summed E-state index contributed by atoms with van der Waals surface area (Å²) in [5.41, 5.74) is -0.524. The molecule has 132 valence electrons. The normalized spacial score (nSPS) is 32.5. The molecule has 0 amide bonds. The number of nitrogens with zero attached hydrogens (tertiary/aromatic N) is 5. The second-order valence-corrected chi connectivity index (χ2v) is 7.57. The molecule has 3 aliphatic rings. The monoisotopic (exact) mass is 331 g/mol. The Labute approximate surface area is 144 Å². The van der Waals surface area contributed by atoms with Crippen LogP contribution >= 0.6 is 0 Å². The van der Waals surface area contributed by atoms with Gasteiger partial charge in [0.1, 0.15) is 0 Å². The van der Waals surface area contributed by atoms with Gasteiger partial charge in [-0.05, 0) is 44.8 Å². The van der Waals surface area contributed by atoms with E-state index in [1.165, 1.54) is 25.9 Å². The number of piperidine rings is 2. The van der Waals surface area contributed by atoms with Crippen LogP contribution in [0.3, 0.4) is 0 Å². The first-order valence-electron chi connectivity index (χ1n) is 9.45. The van der Waals surface area contributed by atoms with Crippen LogP contribution in [0.1, 0.15) is 32.1 Å². The standard InChI is InChI=1S/C18H29N5O/c24-18(6-3-10-22-9-2-1-5-16(18)22)15-21-11-13-23(14-12-21)17-19-7-4-8-20-17/h4,7-8,16,24H,1-3,5-6,9-15H2/t16-,18-/m1/s1. The van der Waals surface area contributed by atoms with E-state index >= 15 is 0 Å². The topological polar surface area (TPSA) is 55.7 Å². The zero-order valence-corrected chi connectivity index (χ0v) is 14.5. The zero-order chi connectivity index (χ0) is 16.4. The molecule has 0 spiro atoms. The molecule has 4 heterocycles. The van der Waals surface area contributed by atoms with E-state index in [2.05, 4.69) is 24.7 Å². The van der Waals surface area contributed by atoms with Crippen LogP contribution in [0.25, 0.3) is 0 Å². The summed E-state index contributed by atoms with van der Waals surface area (Å²) in [5.74, 6) is 0.826. The van der Waals surface area contributed by atoms with Crippen molar-refractivity contribution in [3.63, 3.8) is 0 Å². The molecular formula is C18H29N5O. The van der Waals surface area contributed by atoms with Crippen molar-refractivity contribution in [2.45, 2.75) is 43.7 Å². The molecule has 1 aromatic rings. The molecule has 0 saturated carbocycles. The Kier molecular flexibility index (Phi) is 4.70. The van der Waals surface area contributed by atoms with Crippen molar-refractivity contribution < 1.29 is 5.11 Å². The minimum absolute atomic E-state index is 0.371. The Hall–Kier alpha value is -1.24. The highest BCUT2D eigenvalue weighted by molar-refractivity contribution is 5.29. The lowest BCUT2D eigenvalue weighted by atomic mass is 9.79.